The number of aromatic nitrogens is 4. The van der Waals surface area contributed by atoms with E-state index >= 15 is 0 Å². The highest BCUT2D eigenvalue weighted by molar-refractivity contribution is 7.99. The second-order valence-electron chi connectivity index (χ2n) is 5.44. The van der Waals surface area contributed by atoms with E-state index in [1.165, 1.54) is 11.8 Å². The number of ether oxygens (including phenoxy) is 1. The van der Waals surface area contributed by atoms with Crippen molar-refractivity contribution in [1.29, 1.82) is 0 Å². The van der Waals surface area contributed by atoms with Crippen molar-refractivity contribution in [2.75, 3.05) is 24.8 Å². The Kier molecular flexibility index (Phi) is 6.08. The highest BCUT2D eigenvalue weighted by atomic mass is 32.2. The SMILES string of the molecule is COCCCn1c(SCC(=O)Nc2cc(C)on2)nnc1-c1ccco1. The predicted molar refractivity (Wildman–Crippen MR) is 94.8 cm³/mol. The number of rotatable bonds is 9. The molecule has 0 bridgehead atoms. The van der Waals surface area contributed by atoms with Gasteiger partial charge in [-0.25, -0.2) is 0 Å². The van der Waals surface area contributed by atoms with Crippen molar-refractivity contribution in [2.45, 2.75) is 25.0 Å². The van der Waals surface area contributed by atoms with Gasteiger partial charge in [-0.05, 0) is 25.5 Å². The number of amides is 1. The van der Waals surface area contributed by atoms with Crippen LogP contribution in [0.25, 0.3) is 11.6 Å². The van der Waals surface area contributed by atoms with Crippen LogP contribution in [0.5, 0.6) is 0 Å². The summed E-state index contributed by atoms with van der Waals surface area (Å²) in [4.78, 5) is 12.1. The van der Waals surface area contributed by atoms with Crippen molar-refractivity contribution < 1.29 is 18.5 Å². The van der Waals surface area contributed by atoms with Crippen LogP contribution in [0.3, 0.4) is 0 Å². The van der Waals surface area contributed by atoms with Crippen molar-refractivity contribution in [2.24, 2.45) is 0 Å². The van der Waals surface area contributed by atoms with Crippen LogP contribution < -0.4 is 5.32 Å². The first-order valence-corrected chi connectivity index (χ1v) is 8.98. The molecule has 3 heterocycles. The Morgan fingerprint density at radius 3 is 3.00 bits per heavy atom. The lowest BCUT2D eigenvalue weighted by molar-refractivity contribution is -0.113. The first kappa shape index (κ1) is 18.2. The lowest BCUT2D eigenvalue weighted by atomic mass is 10.4. The number of carbonyl (C=O) groups is 1. The summed E-state index contributed by atoms with van der Waals surface area (Å²) in [6, 6.07) is 5.28. The number of furan rings is 1. The number of hydrogen-bond acceptors (Lipinski definition) is 8. The predicted octanol–water partition coefficient (Wildman–Crippen LogP) is 2.60. The largest absolute Gasteiger partial charge is 0.461 e. The summed E-state index contributed by atoms with van der Waals surface area (Å²) in [5, 5.41) is 15.5. The van der Waals surface area contributed by atoms with Gasteiger partial charge in [-0.15, -0.1) is 10.2 Å². The highest BCUT2D eigenvalue weighted by Gasteiger charge is 2.17. The van der Waals surface area contributed by atoms with Crippen molar-refractivity contribution in [3.8, 4) is 11.6 Å². The van der Waals surface area contributed by atoms with Gasteiger partial charge in [-0.3, -0.25) is 9.36 Å². The van der Waals surface area contributed by atoms with Crippen molar-refractivity contribution in [3.05, 3.63) is 30.2 Å². The summed E-state index contributed by atoms with van der Waals surface area (Å²) in [5.74, 6) is 2.26. The summed E-state index contributed by atoms with van der Waals surface area (Å²) in [6.07, 6.45) is 2.38. The molecule has 26 heavy (non-hydrogen) atoms. The van der Waals surface area contributed by atoms with Gasteiger partial charge in [0.25, 0.3) is 0 Å². The minimum Gasteiger partial charge on any atom is -0.461 e. The second kappa shape index (κ2) is 8.68. The normalized spacial score (nSPS) is 11.0. The Hall–Kier alpha value is -2.59. The summed E-state index contributed by atoms with van der Waals surface area (Å²) in [6.45, 7) is 3.03. The fourth-order valence-electron chi connectivity index (χ4n) is 2.29. The van der Waals surface area contributed by atoms with Crippen LogP contribution in [0.2, 0.25) is 0 Å². The monoisotopic (exact) mass is 377 g/mol. The van der Waals surface area contributed by atoms with E-state index < -0.39 is 0 Å². The van der Waals surface area contributed by atoms with Gasteiger partial charge in [-0.1, -0.05) is 16.9 Å². The lowest BCUT2D eigenvalue weighted by Crippen LogP contribution is -2.15. The van der Waals surface area contributed by atoms with Gasteiger partial charge in [0, 0.05) is 26.3 Å². The molecule has 0 aliphatic heterocycles. The Bertz CT molecular complexity index is 843. The quantitative estimate of drug-likeness (QED) is 0.448. The van der Waals surface area contributed by atoms with E-state index in [1.807, 2.05) is 10.6 Å². The van der Waals surface area contributed by atoms with E-state index in [0.717, 1.165) is 6.42 Å². The third kappa shape index (κ3) is 4.52. The van der Waals surface area contributed by atoms with E-state index in [2.05, 4.69) is 20.7 Å². The van der Waals surface area contributed by atoms with Gasteiger partial charge < -0.3 is 19.0 Å². The van der Waals surface area contributed by atoms with E-state index in [4.69, 9.17) is 13.7 Å². The zero-order valence-corrected chi connectivity index (χ0v) is 15.3. The molecule has 0 atom stereocenters. The van der Waals surface area contributed by atoms with Crippen LogP contribution in [-0.4, -0.2) is 45.3 Å². The third-order valence-electron chi connectivity index (χ3n) is 3.42. The molecular formula is C16H19N5O4S. The maximum absolute atomic E-state index is 12.1. The molecular weight excluding hydrogens is 358 g/mol. The third-order valence-corrected chi connectivity index (χ3v) is 4.38. The number of methoxy groups -OCH3 is 1. The van der Waals surface area contributed by atoms with Gasteiger partial charge in [0.15, 0.2) is 22.6 Å². The average molecular weight is 377 g/mol. The Morgan fingerprint density at radius 2 is 2.31 bits per heavy atom. The topological polar surface area (TPSA) is 108 Å². The van der Waals surface area contributed by atoms with E-state index in [1.54, 1.807) is 32.4 Å². The van der Waals surface area contributed by atoms with Gasteiger partial charge >= 0.3 is 0 Å². The van der Waals surface area contributed by atoms with Crippen LogP contribution >= 0.6 is 11.8 Å². The van der Waals surface area contributed by atoms with Crippen LogP contribution in [0, 0.1) is 6.92 Å². The van der Waals surface area contributed by atoms with Crippen LogP contribution in [0.15, 0.2) is 38.6 Å². The molecule has 10 heteroatoms. The van der Waals surface area contributed by atoms with Crippen molar-refractivity contribution >= 4 is 23.5 Å². The van der Waals surface area contributed by atoms with Gasteiger partial charge in [0.1, 0.15) is 5.76 Å². The Labute approximate surface area is 154 Å². The molecule has 3 rings (SSSR count). The number of nitrogens with one attached hydrogen (secondary N) is 1. The number of carbonyl (C=O) groups excluding carboxylic acids is 1. The molecule has 0 fully saturated rings. The highest BCUT2D eigenvalue weighted by Crippen LogP contribution is 2.25. The second-order valence-corrected chi connectivity index (χ2v) is 6.38. The number of nitrogens with zero attached hydrogens (tertiary/aromatic N) is 4. The molecule has 138 valence electrons. The van der Waals surface area contributed by atoms with Crippen LogP contribution in [0.4, 0.5) is 5.82 Å². The molecule has 3 aromatic heterocycles. The van der Waals surface area contributed by atoms with Gasteiger partial charge in [0.2, 0.25) is 5.91 Å². The molecule has 0 aromatic carbocycles. The fourth-order valence-corrected chi connectivity index (χ4v) is 3.05. The molecule has 1 N–H and O–H groups in total. The van der Waals surface area contributed by atoms with E-state index in [-0.39, 0.29) is 11.7 Å². The summed E-state index contributed by atoms with van der Waals surface area (Å²) >= 11 is 1.29. The first-order valence-electron chi connectivity index (χ1n) is 7.99. The van der Waals surface area contributed by atoms with Crippen molar-refractivity contribution in [1.82, 2.24) is 19.9 Å². The molecule has 0 aliphatic carbocycles. The summed E-state index contributed by atoms with van der Waals surface area (Å²) < 4.78 is 17.4. The van der Waals surface area contributed by atoms with Gasteiger partial charge in [0.05, 0.1) is 12.0 Å². The molecule has 0 aliphatic rings. The minimum absolute atomic E-state index is 0.173. The summed E-state index contributed by atoms with van der Waals surface area (Å²) in [5.41, 5.74) is 0. The fraction of sp³-hybridized carbons (Fsp3) is 0.375. The summed E-state index contributed by atoms with van der Waals surface area (Å²) in [7, 11) is 1.66. The molecule has 0 spiro atoms. The molecule has 0 saturated heterocycles. The maximum Gasteiger partial charge on any atom is 0.236 e. The lowest BCUT2D eigenvalue weighted by Gasteiger charge is -2.08. The Morgan fingerprint density at radius 1 is 1.42 bits per heavy atom. The molecule has 9 nitrogen and oxygen atoms in total. The van der Waals surface area contributed by atoms with Gasteiger partial charge in [-0.2, -0.15) is 0 Å². The number of aryl methyl sites for hydroxylation is 1. The van der Waals surface area contributed by atoms with E-state index in [0.29, 0.717) is 41.5 Å². The smallest absolute Gasteiger partial charge is 0.236 e. The molecule has 0 saturated carbocycles. The zero-order chi connectivity index (χ0) is 18.4. The van der Waals surface area contributed by atoms with E-state index in [9.17, 15) is 4.79 Å². The standard InChI is InChI=1S/C16H19N5O4S/c1-11-9-13(20-25-11)17-14(22)10-26-16-19-18-15(12-5-3-8-24-12)21(16)6-4-7-23-2/h3,5,8-9H,4,6-7,10H2,1-2H3,(H,17,20,22). The molecule has 1 amide bonds. The first-order chi connectivity index (χ1) is 12.7. The molecule has 0 radical (unpaired) electrons. The van der Waals surface area contributed by atoms with Crippen LogP contribution in [0.1, 0.15) is 12.2 Å². The molecule has 3 aromatic rings. The number of hydrogen-bond donors (Lipinski definition) is 1. The van der Waals surface area contributed by atoms with Crippen LogP contribution in [-0.2, 0) is 16.1 Å². The molecule has 0 unspecified atom stereocenters. The Balaban J connectivity index is 1.67. The van der Waals surface area contributed by atoms with Crippen molar-refractivity contribution in [3.63, 3.8) is 0 Å². The zero-order valence-electron chi connectivity index (χ0n) is 14.5. The average Bonchev–Trinajstić information content (AvgIpc) is 3.35. The maximum atomic E-state index is 12.1. The number of thioether (sulfide) groups is 1. The minimum atomic E-state index is -0.200. The number of anilines is 1.